The monoisotopic (exact) mass is 313 g/mol. The lowest BCUT2D eigenvalue weighted by atomic mass is 9.95. The minimum Gasteiger partial charge on any atom is -0.508 e. The number of fused-ring (bicyclic) bond motifs is 1. The Morgan fingerprint density at radius 3 is 2.64 bits per heavy atom. The Morgan fingerprint density at radius 2 is 1.91 bits per heavy atom. The van der Waals surface area contributed by atoms with Crippen molar-refractivity contribution in [3.8, 4) is 11.5 Å². The van der Waals surface area contributed by atoms with E-state index in [-0.39, 0.29) is 0 Å². The Morgan fingerprint density at radius 1 is 1.14 bits per heavy atom. The summed E-state index contributed by atoms with van der Waals surface area (Å²) < 4.78 is 5.42. The summed E-state index contributed by atoms with van der Waals surface area (Å²) in [5, 5.41) is 10.8. The number of phenolic OH excluding ortho intramolecular Hbond substituents is 1. The Bertz CT molecular complexity index is 748. The fourth-order valence-corrected chi connectivity index (χ4v) is 2.70. The molecule has 112 valence electrons. The van der Waals surface area contributed by atoms with Crippen LogP contribution in [0.15, 0.2) is 47.5 Å². The molecule has 0 unspecified atom stereocenters. The highest BCUT2D eigenvalue weighted by Gasteiger charge is 2.20. The van der Waals surface area contributed by atoms with E-state index in [1.807, 2.05) is 36.4 Å². The second-order valence-electron chi connectivity index (χ2n) is 5.04. The first-order chi connectivity index (χ1) is 10.7. The third-order valence-electron chi connectivity index (χ3n) is 3.67. The number of aromatic hydroxyl groups is 1. The topological polar surface area (TPSA) is 41.8 Å². The highest BCUT2D eigenvalue weighted by Crippen LogP contribution is 2.33. The van der Waals surface area contributed by atoms with Crippen LogP contribution in [0.4, 0.5) is 0 Å². The minimum absolute atomic E-state index is 0.295. The van der Waals surface area contributed by atoms with E-state index in [0.717, 1.165) is 34.6 Å². The van der Waals surface area contributed by atoms with Gasteiger partial charge in [0.15, 0.2) is 0 Å². The zero-order valence-corrected chi connectivity index (χ0v) is 13.0. The number of phenols is 1. The molecule has 22 heavy (non-hydrogen) atoms. The van der Waals surface area contributed by atoms with Gasteiger partial charge in [0.05, 0.1) is 12.8 Å². The molecule has 1 heterocycles. The quantitative estimate of drug-likeness (QED) is 0.926. The second kappa shape index (κ2) is 6.24. The molecule has 4 heteroatoms. The van der Waals surface area contributed by atoms with Crippen molar-refractivity contribution in [1.82, 2.24) is 0 Å². The first-order valence-electron chi connectivity index (χ1n) is 7.06. The number of rotatable bonds is 3. The predicted octanol–water partition coefficient (Wildman–Crippen LogP) is 4.11. The number of benzene rings is 2. The number of nitrogens with zero attached hydrogens (tertiary/aromatic N) is 1. The normalized spacial score (nSPS) is 13.8. The molecule has 1 aliphatic heterocycles. The summed E-state index contributed by atoms with van der Waals surface area (Å²) in [6.07, 6.45) is 4.65. The van der Waals surface area contributed by atoms with Crippen LogP contribution in [0.1, 0.15) is 16.7 Å². The van der Waals surface area contributed by atoms with Crippen molar-refractivity contribution in [2.24, 2.45) is 4.99 Å². The van der Waals surface area contributed by atoms with Gasteiger partial charge in [-0.25, -0.2) is 0 Å². The summed E-state index contributed by atoms with van der Waals surface area (Å²) in [6, 6.07) is 11.0. The van der Waals surface area contributed by atoms with Crippen LogP contribution in [0.3, 0.4) is 0 Å². The van der Waals surface area contributed by atoms with E-state index < -0.39 is 0 Å². The highest BCUT2D eigenvalue weighted by molar-refractivity contribution is 6.30. The van der Waals surface area contributed by atoms with Gasteiger partial charge in [-0.2, -0.15) is 0 Å². The van der Waals surface area contributed by atoms with E-state index in [2.05, 4.69) is 4.99 Å². The first-order valence-corrected chi connectivity index (χ1v) is 7.44. The number of aliphatic imine (C=N–C) groups is 1. The first kappa shape index (κ1) is 14.7. The van der Waals surface area contributed by atoms with Gasteiger partial charge in [-0.05, 0) is 42.3 Å². The molecule has 0 aliphatic carbocycles. The third-order valence-corrected chi connectivity index (χ3v) is 3.93. The number of halogens is 1. The molecule has 3 nitrogen and oxygen atoms in total. The lowest BCUT2D eigenvalue weighted by Gasteiger charge is -2.19. The molecular weight excluding hydrogens is 298 g/mol. The fraction of sp³-hybridized carbons (Fsp3) is 0.167. The number of hydrogen-bond acceptors (Lipinski definition) is 3. The van der Waals surface area contributed by atoms with Crippen LogP contribution in [0.25, 0.3) is 6.08 Å². The molecule has 0 bridgehead atoms. The summed E-state index contributed by atoms with van der Waals surface area (Å²) in [5.74, 6) is 1.02. The van der Waals surface area contributed by atoms with Crippen LogP contribution in [-0.4, -0.2) is 24.5 Å². The molecule has 1 N–H and O–H groups in total. The molecular formula is C18H16ClNO2. The van der Waals surface area contributed by atoms with Crippen molar-refractivity contribution in [1.29, 1.82) is 0 Å². The third kappa shape index (κ3) is 2.85. The van der Waals surface area contributed by atoms with E-state index in [9.17, 15) is 5.11 Å². The van der Waals surface area contributed by atoms with Crippen molar-refractivity contribution in [3.05, 3.63) is 64.2 Å². The number of ether oxygens (including phenoxy) is 1. The standard InChI is InChI=1S/C18H16ClNO2/c1-22-17-9-8-16(21)14-10-11-20-15(18(14)17)7-4-12-2-5-13(19)6-3-12/h2-9,21H,10-11H2,1H3/b7-4+. The molecule has 0 radical (unpaired) electrons. The van der Waals surface area contributed by atoms with Gasteiger partial charge >= 0.3 is 0 Å². The van der Waals surface area contributed by atoms with E-state index in [1.54, 1.807) is 19.2 Å². The van der Waals surface area contributed by atoms with Crippen LogP contribution in [0.5, 0.6) is 11.5 Å². The van der Waals surface area contributed by atoms with Crippen LogP contribution >= 0.6 is 11.6 Å². The molecule has 2 aromatic carbocycles. The molecule has 3 rings (SSSR count). The summed E-state index contributed by atoms with van der Waals surface area (Å²) in [7, 11) is 1.63. The largest absolute Gasteiger partial charge is 0.508 e. The van der Waals surface area contributed by atoms with Crippen LogP contribution in [-0.2, 0) is 6.42 Å². The van der Waals surface area contributed by atoms with Crippen LogP contribution < -0.4 is 4.74 Å². The van der Waals surface area contributed by atoms with E-state index >= 15 is 0 Å². The van der Waals surface area contributed by atoms with Crippen LogP contribution in [0.2, 0.25) is 5.02 Å². The van der Waals surface area contributed by atoms with Crippen LogP contribution in [0, 0.1) is 0 Å². The number of allylic oxidation sites excluding steroid dienone is 1. The molecule has 2 aromatic rings. The molecule has 0 saturated carbocycles. The summed E-state index contributed by atoms with van der Waals surface area (Å²) in [5.41, 5.74) is 3.63. The van der Waals surface area contributed by atoms with Crippen molar-refractivity contribution in [3.63, 3.8) is 0 Å². The lowest BCUT2D eigenvalue weighted by molar-refractivity contribution is 0.409. The van der Waals surface area contributed by atoms with Crippen molar-refractivity contribution < 1.29 is 9.84 Å². The molecule has 0 atom stereocenters. The minimum atomic E-state index is 0.295. The second-order valence-corrected chi connectivity index (χ2v) is 5.48. The van der Waals surface area contributed by atoms with Crippen molar-refractivity contribution >= 4 is 23.4 Å². The maximum absolute atomic E-state index is 10.1. The van der Waals surface area contributed by atoms with Gasteiger partial charge in [-0.1, -0.05) is 29.8 Å². The molecule has 0 spiro atoms. The lowest BCUT2D eigenvalue weighted by Crippen LogP contribution is -2.12. The Hall–Kier alpha value is -2.26. The van der Waals surface area contributed by atoms with E-state index in [0.29, 0.717) is 17.3 Å². The molecule has 0 fully saturated rings. The van der Waals surface area contributed by atoms with E-state index in [1.165, 1.54) is 0 Å². The molecule has 0 aromatic heterocycles. The van der Waals surface area contributed by atoms with Gasteiger partial charge in [0.2, 0.25) is 0 Å². The number of methoxy groups -OCH3 is 1. The van der Waals surface area contributed by atoms with Gasteiger partial charge in [0.25, 0.3) is 0 Å². The maximum Gasteiger partial charge on any atom is 0.128 e. The maximum atomic E-state index is 10.1. The van der Waals surface area contributed by atoms with E-state index in [4.69, 9.17) is 16.3 Å². The number of hydrogen-bond donors (Lipinski definition) is 1. The summed E-state index contributed by atoms with van der Waals surface area (Å²) in [6.45, 7) is 0.661. The molecule has 0 saturated heterocycles. The Labute approximate surface area is 134 Å². The smallest absolute Gasteiger partial charge is 0.128 e. The van der Waals surface area contributed by atoms with Crippen molar-refractivity contribution in [2.75, 3.05) is 13.7 Å². The van der Waals surface area contributed by atoms with Crippen molar-refractivity contribution in [2.45, 2.75) is 6.42 Å². The average molecular weight is 314 g/mol. The highest BCUT2D eigenvalue weighted by atomic mass is 35.5. The zero-order valence-electron chi connectivity index (χ0n) is 12.2. The fourth-order valence-electron chi connectivity index (χ4n) is 2.57. The van der Waals surface area contributed by atoms with Gasteiger partial charge < -0.3 is 9.84 Å². The Kier molecular flexibility index (Phi) is 4.16. The zero-order chi connectivity index (χ0) is 15.5. The molecule has 1 aliphatic rings. The van der Waals surface area contributed by atoms with Gasteiger partial charge in [0, 0.05) is 22.7 Å². The molecule has 0 amide bonds. The summed E-state index contributed by atoms with van der Waals surface area (Å²) >= 11 is 5.89. The van der Waals surface area contributed by atoms with Gasteiger partial charge in [0.1, 0.15) is 11.5 Å². The van der Waals surface area contributed by atoms with Gasteiger partial charge in [-0.3, -0.25) is 4.99 Å². The average Bonchev–Trinajstić information content (AvgIpc) is 2.55. The Balaban J connectivity index is 1.98. The van der Waals surface area contributed by atoms with Gasteiger partial charge in [-0.15, -0.1) is 0 Å². The predicted molar refractivity (Wildman–Crippen MR) is 90.3 cm³/mol. The SMILES string of the molecule is COc1ccc(O)c2c1C(/C=C/c1ccc(Cl)cc1)=NCC2. The summed E-state index contributed by atoms with van der Waals surface area (Å²) in [4.78, 5) is 4.57.